The molecule has 2 N–H and O–H groups in total. The molecule has 3 aromatic heterocycles. The van der Waals surface area contributed by atoms with Crippen LogP contribution in [0.3, 0.4) is 0 Å². The highest BCUT2D eigenvalue weighted by molar-refractivity contribution is 6.31. The van der Waals surface area contributed by atoms with Gasteiger partial charge in [0, 0.05) is 68.1 Å². The number of carbonyl (C=O) groups excluding carboxylic acids is 2. The number of amides is 2. The van der Waals surface area contributed by atoms with Crippen LogP contribution < -0.4 is 10.2 Å². The Bertz CT molecular complexity index is 1700. The number of β-amino-alcohol motifs (C(OH)–C–C–N with tert-alkyl or cyclic N) is 1. The maximum absolute atomic E-state index is 15.2. The minimum atomic E-state index is -0.843. The molecular formula is C28H25ClFN7O4. The van der Waals surface area contributed by atoms with Crippen molar-refractivity contribution in [3.8, 4) is 11.1 Å². The molecule has 210 valence electrons. The number of aliphatic hydroxyl groups excluding tert-OH is 1. The highest BCUT2D eigenvalue weighted by atomic mass is 35.5. The van der Waals surface area contributed by atoms with Crippen molar-refractivity contribution in [3.05, 3.63) is 65.5 Å². The third-order valence-corrected chi connectivity index (χ3v) is 8.37. The van der Waals surface area contributed by atoms with Crippen molar-refractivity contribution in [3.63, 3.8) is 0 Å². The van der Waals surface area contributed by atoms with Gasteiger partial charge in [-0.1, -0.05) is 23.7 Å². The SMILES string of the molecule is O=C1Nc2ncccc2C2(CCN(C(=O)Cn3cc(-c4cccc(Cl)c4F)c4c(N5CC(O)C5)ncnc43)CC2)O1. The van der Waals surface area contributed by atoms with Gasteiger partial charge >= 0.3 is 6.09 Å². The van der Waals surface area contributed by atoms with Crippen LogP contribution >= 0.6 is 11.6 Å². The maximum atomic E-state index is 15.2. The quantitative estimate of drug-likeness (QED) is 0.377. The summed E-state index contributed by atoms with van der Waals surface area (Å²) in [6.45, 7) is 1.50. The summed E-state index contributed by atoms with van der Waals surface area (Å²) >= 11 is 6.11. The van der Waals surface area contributed by atoms with Crippen molar-refractivity contribution < 1.29 is 23.8 Å². The average Bonchev–Trinajstić information content (AvgIpc) is 3.31. The van der Waals surface area contributed by atoms with Crippen LogP contribution in [0, 0.1) is 5.82 Å². The number of aliphatic hydroxyl groups is 1. The lowest BCUT2D eigenvalue weighted by atomic mass is 9.83. The fourth-order valence-corrected chi connectivity index (χ4v) is 6.15. The Hall–Kier alpha value is -4.29. The summed E-state index contributed by atoms with van der Waals surface area (Å²) in [6, 6.07) is 8.45. The number of pyridine rings is 1. The molecule has 2 saturated heterocycles. The normalized spacial score (nSPS) is 18.2. The second kappa shape index (κ2) is 9.67. The predicted molar refractivity (Wildman–Crippen MR) is 148 cm³/mol. The fourth-order valence-electron chi connectivity index (χ4n) is 5.97. The minimum absolute atomic E-state index is 0.0186. The summed E-state index contributed by atoms with van der Waals surface area (Å²) in [5.74, 6) is 0.306. The van der Waals surface area contributed by atoms with E-state index in [1.807, 2.05) is 11.0 Å². The number of hydrogen-bond acceptors (Lipinski definition) is 8. The van der Waals surface area contributed by atoms with Gasteiger partial charge in [-0.15, -0.1) is 0 Å². The van der Waals surface area contributed by atoms with Gasteiger partial charge in [0.05, 0.1) is 16.5 Å². The molecule has 0 unspecified atom stereocenters. The molecule has 0 bridgehead atoms. The highest BCUT2D eigenvalue weighted by Crippen LogP contribution is 2.43. The first-order valence-corrected chi connectivity index (χ1v) is 13.7. The summed E-state index contributed by atoms with van der Waals surface area (Å²) in [5.41, 5.74) is 1.21. The van der Waals surface area contributed by atoms with Gasteiger partial charge in [-0.2, -0.15) is 0 Å². The zero-order valence-electron chi connectivity index (χ0n) is 21.8. The van der Waals surface area contributed by atoms with Crippen LogP contribution in [0.4, 0.5) is 20.8 Å². The third-order valence-electron chi connectivity index (χ3n) is 8.07. The number of likely N-dealkylation sites (tertiary alicyclic amines) is 1. The number of benzene rings is 1. The monoisotopic (exact) mass is 577 g/mol. The largest absolute Gasteiger partial charge is 0.437 e. The van der Waals surface area contributed by atoms with E-state index in [2.05, 4.69) is 20.3 Å². The smallest absolute Gasteiger partial charge is 0.413 e. The molecule has 0 aliphatic carbocycles. The van der Waals surface area contributed by atoms with Gasteiger partial charge in [-0.3, -0.25) is 10.1 Å². The Labute approximate surface area is 238 Å². The van der Waals surface area contributed by atoms with Crippen molar-refractivity contribution in [2.75, 3.05) is 36.4 Å². The number of halogens is 2. The predicted octanol–water partition coefficient (Wildman–Crippen LogP) is 3.55. The molecular weight excluding hydrogens is 553 g/mol. The van der Waals surface area contributed by atoms with Crippen molar-refractivity contribution in [2.24, 2.45) is 0 Å². The van der Waals surface area contributed by atoms with Crippen LogP contribution in [0.1, 0.15) is 18.4 Å². The van der Waals surface area contributed by atoms with Gasteiger partial charge in [-0.05, 0) is 18.2 Å². The third kappa shape index (κ3) is 4.25. The lowest BCUT2D eigenvalue weighted by Crippen LogP contribution is -2.51. The molecule has 0 atom stereocenters. The van der Waals surface area contributed by atoms with E-state index in [1.165, 1.54) is 12.4 Å². The van der Waals surface area contributed by atoms with Crippen molar-refractivity contribution >= 4 is 46.3 Å². The van der Waals surface area contributed by atoms with E-state index in [-0.39, 0.29) is 23.0 Å². The number of rotatable bonds is 4. The van der Waals surface area contributed by atoms with Crippen LogP contribution in [0.15, 0.2) is 49.1 Å². The first-order chi connectivity index (χ1) is 19.8. The summed E-state index contributed by atoms with van der Waals surface area (Å²) in [6.07, 6.45) is 4.55. The summed E-state index contributed by atoms with van der Waals surface area (Å²) in [5, 5.41) is 13.1. The number of fused-ring (bicyclic) bond motifs is 3. The Kier molecular flexibility index (Phi) is 6.05. The molecule has 3 aliphatic rings. The van der Waals surface area contributed by atoms with Gasteiger partial charge in [0.15, 0.2) is 0 Å². The first-order valence-electron chi connectivity index (χ1n) is 13.3. The molecule has 41 heavy (non-hydrogen) atoms. The Morgan fingerprint density at radius 3 is 2.73 bits per heavy atom. The summed E-state index contributed by atoms with van der Waals surface area (Å²) < 4.78 is 22.7. The zero-order valence-corrected chi connectivity index (χ0v) is 22.5. The molecule has 2 fully saturated rings. The molecule has 3 aliphatic heterocycles. The van der Waals surface area contributed by atoms with Crippen LogP contribution in [0.2, 0.25) is 5.02 Å². The topological polar surface area (TPSA) is 126 Å². The second-order valence-corrected chi connectivity index (χ2v) is 10.9. The lowest BCUT2D eigenvalue weighted by Gasteiger charge is -2.43. The van der Waals surface area contributed by atoms with Gasteiger partial charge in [0.25, 0.3) is 0 Å². The van der Waals surface area contributed by atoms with Crippen molar-refractivity contribution in [1.82, 2.24) is 24.4 Å². The van der Waals surface area contributed by atoms with Gasteiger partial charge in [0.1, 0.15) is 41.6 Å². The van der Waals surface area contributed by atoms with E-state index in [1.54, 1.807) is 40.1 Å². The van der Waals surface area contributed by atoms with E-state index in [0.717, 1.165) is 5.56 Å². The van der Waals surface area contributed by atoms with E-state index < -0.39 is 23.6 Å². The van der Waals surface area contributed by atoms with Crippen LogP contribution in [0.5, 0.6) is 0 Å². The van der Waals surface area contributed by atoms with Crippen molar-refractivity contribution in [2.45, 2.75) is 31.1 Å². The lowest BCUT2D eigenvalue weighted by molar-refractivity contribution is -0.136. The molecule has 2 amide bonds. The molecule has 11 nitrogen and oxygen atoms in total. The Balaban J connectivity index is 1.19. The molecule has 7 rings (SSSR count). The Morgan fingerprint density at radius 2 is 1.95 bits per heavy atom. The van der Waals surface area contributed by atoms with E-state index in [9.17, 15) is 14.7 Å². The van der Waals surface area contributed by atoms with Crippen LogP contribution in [0.25, 0.3) is 22.2 Å². The van der Waals surface area contributed by atoms with Gasteiger partial charge in [0.2, 0.25) is 5.91 Å². The highest BCUT2D eigenvalue weighted by Gasteiger charge is 2.45. The summed E-state index contributed by atoms with van der Waals surface area (Å²) in [7, 11) is 0. The number of nitrogens with zero attached hydrogens (tertiary/aromatic N) is 6. The average molecular weight is 578 g/mol. The molecule has 4 aromatic rings. The first kappa shape index (κ1) is 25.7. The molecule has 0 saturated carbocycles. The van der Waals surface area contributed by atoms with E-state index >= 15 is 4.39 Å². The standard InChI is InChI=1S/C28H25ClFN7O4/c29-20-5-1-3-17(23(20)30)18-13-37(26-22(18)25(32-15-33-26)36-11-16(38)12-36)14-21(39)35-9-6-28(7-10-35)19-4-2-8-31-24(19)34-27(40)41-28/h1-5,8,13,15-16,38H,6-7,9-12,14H2,(H,31,34,40). The molecule has 1 spiro atoms. The van der Waals surface area contributed by atoms with Gasteiger partial charge in [-0.25, -0.2) is 24.1 Å². The minimum Gasteiger partial charge on any atom is -0.437 e. The Morgan fingerprint density at radius 1 is 1.15 bits per heavy atom. The van der Waals surface area contributed by atoms with Gasteiger partial charge < -0.3 is 24.2 Å². The number of nitrogens with one attached hydrogen (secondary N) is 1. The van der Waals surface area contributed by atoms with E-state index in [4.69, 9.17) is 16.3 Å². The van der Waals surface area contributed by atoms with Crippen molar-refractivity contribution in [1.29, 1.82) is 0 Å². The molecule has 0 radical (unpaired) electrons. The summed E-state index contributed by atoms with van der Waals surface area (Å²) in [4.78, 5) is 42.6. The number of ether oxygens (including phenoxy) is 1. The number of carbonyl (C=O) groups is 2. The fraction of sp³-hybridized carbons (Fsp3) is 0.321. The van der Waals surface area contributed by atoms with Crippen LogP contribution in [-0.4, -0.2) is 73.8 Å². The van der Waals surface area contributed by atoms with E-state index in [0.29, 0.717) is 67.3 Å². The number of anilines is 2. The second-order valence-electron chi connectivity index (χ2n) is 10.5. The zero-order chi connectivity index (χ0) is 28.3. The maximum Gasteiger partial charge on any atom is 0.413 e. The number of piperidine rings is 1. The number of hydrogen-bond donors (Lipinski definition) is 2. The number of aromatic nitrogens is 4. The molecule has 1 aromatic carbocycles. The van der Waals surface area contributed by atoms with Crippen LogP contribution in [-0.2, 0) is 21.7 Å². The molecule has 13 heteroatoms. The molecule has 6 heterocycles.